The third-order valence-electron chi connectivity index (χ3n) is 4.79. The number of nitrogens with zero attached hydrogens (tertiary/aromatic N) is 2. The number of halogens is 3. The molecule has 0 amide bonds. The second-order valence-corrected chi connectivity index (χ2v) is 6.74. The van der Waals surface area contributed by atoms with Gasteiger partial charge in [0, 0.05) is 24.7 Å². The van der Waals surface area contributed by atoms with Crippen LogP contribution in [-0.2, 0) is 17.5 Å². The summed E-state index contributed by atoms with van der Waals surface area (Å²) in [5.74, 6) is -0.921. The highest BCUT2D eigenvalue weighted by molar-refractivity contribution is 5.91. The maximum Gasteiger partial charge on any atom is 0.416 e. The first-order valence-electron chi connectivity index (χ1n) is 9.13. The number of rotatable bonds is 5. The molecule has 0 unspecified atom stereocenters. The number of ether oxygens (including phenoxy) is 1. The number of benzene rings is 2. The van der Waals surface area contributed by atoms with Crippen LogP contribution < -0.4 is 4.90 Å². The largest absolute Gasteiger partial charge is 0.457 e. The molecule has 1 aliphatic rings. The predicted molar refractivity (Wildman–Crippen MR) is 99.7 cm³/mol. The summed E-state index contributed by atoms with van der Waals surface area (Å²) in [5.41, 5.74) is -0.959. The predicted octanol–water partition coefficient (Wildman–Crippen LogP) is 4.96. The average molecular weight is 408 g/mol. The molecule has 6 nitrogen and oxygen atoms in total. The molecule has 0 atom stereocenters. The number of nitro benzene ring substituents is 1. The number of hydrogen-bond acceptors (Lipinski definition) is 5. The smallest absolute Gasteiger partial charge is 0.416 e. The van der Waals surface area contributed by atoms with Gasteiger partial charge >= 0.3 is 12.1 Å². The number of nitro groups is 1. The Morgan fingerprint density at radius 2 is 1.79 bits per heavy atom. The van der Waals surface area contributed by atoms with E-state index in [9.17, 15) is 28.1 Å². The first-order chi connectivity index (χ1) is 13.8. The number of carbonyl (C=O) groups is 1. The molecule has 0 aromatic heterocycles. The Labute approximate surface area is 165 Å². The van der Waals surface area contributed by atoms with Crippen LogP contribution in [0, 0.1) is 10.1 Å². The SMILES string of the molecule is O=C(OCc1ccccc1C(F)(F)F)c1ccc(N2CCCCC2)c([N+](=O)[O-])c1. The molecule has 0 bridgehead atoms. The van der Waals surface area contributed by atoms with Crippen LogP contribution in [0.1, 0.15) is 40.7 Å². The molecule has 0 N–H and O–H groups in total. The summed E-state index contributed by atoms with van der Waals surface area (Å²) in [5, 5.41) is 11.5. The van der Waals surface area contributed by atoms with Crippen molar-refractivity contribution in [2.24, 2.45) is 0 Å². The first-order valence-corrected chi connectivity index (χ1v) is 9.13. The Morgan fingerprint density at radius 1 is 1.10 bits per heavy atom. The van der Waals surface area contributed by atoms with Gasteiger partial charge < -0.3 is 9.64 Å². The Bertz CT molecular complexity index is 909. The minimum Gasteiger partial charge on any atom is -0.457 e. The summed E-state index contributed by atoms with van der Waals surface area (Å²) in [6.07, 6.45) is -1.65. The summed E-state index contributed by atoms with van der Waals surface area (Å²) in [7, 11) is 0. The molecule has 1 heterocycles. The highest BCUT2D eigenvalue weighted by Gasteiger charge is 2.33. The fourth-order valence-electron chi connectivity index (χ4n) is 3.35. The number of hydrogen-bond donors (Lipinski definition) is 0. The molecule has 154 valence electrons. The lowest BCUT2D eigenvalue weighted by atomic mass is 10.1. The number of piperidine rings is 1. The minimum absolute atomic E-state index is 0.0815. The van der Waals surface area contributed by atoms with Gasteiger partial charge in [-0.05, 0) is 37.5 Å². The van der Waals surface area contributed by atoms with Gasteiger partial charge in [-0.15, -0.1) is 0 Å². The first kappa shape index (κ1) is 20.6. The van der Waals surface area contributed by atoms with Crippen molar-refractivity contribution < 1.29 is 27.6 Å². The Kier molecular flexibility index (Phi) is 6.05. The van der Waals surface area contributed by atoms with E-state index in [1.165, 1.54) is 30.3 Å². The quantitative estimate of drug-likeness (QED) is 0.397. The zero-order chi connectivity index (χ0) is 21.0. The highest BCUT2D eigenvalue weighted by Crippen LogP contribution is 2.33. The number of alkyl halides is 3. The molecule has 0 saturated carbocycles. The molecule has 0 radical (unpaired) electrons. The van der Waals surface area contributed by atoms with Gasteiger partial charge in [0.25, 0.3) is 5.69 Å². The van der Waals surface area contributed by atoms with Gasteiger partial charge in [-0.2, -0.15) is 13.2 Å². The van der Waals surface area contributed by atoms with Crippen molar-refractivity contribution in [2.75, 3.05) is 18.0 Å². The van der Waals surface area contributed by atoms with Crippen molar-refractivity contribution >= 4 is 17.3 Å². The van der Waals surface area contributed by atoms with Gasteiger partial charge in [-0.3, -0.25) is 10.1 Å². The second kappa shape index (κ2) is 8.50. The molecule has 0 aliphatic carbocycles. The molecule has 3 rings (SSSR count). The number of carbonyl (C=O) groups excluding carboxylic acids is 1. The Hall–Kier alpha value is -3.10. The summed E-state index contributed by atoms with van der Waals surface area (Å²) in [6.45, 7) is 0.800. The minimum atomic E-state index is -4.57. The number of anilines is 1. The van der Waals surface area contributed by atoms with Gasteiger partial charge in [-0.25, -0.2) is 4.79 Å². The van der Waals surface area contributed by atoms with Gasteiger partial charge in [0.2, 0.25) is 0 Å². The van der Waals surface area contributed by atoms with Gasteiger partial charge in [-0.1, -0.05) is 18.2 Å². The van der Waals surface area contributed by atoms with Crippen LogP contribution in [0.25, 0.3) is 0 Å². The Balaban J connectivity index is 1.78. The van der Waals surface area contributed by atoms with Crippen molar-refractivity contribution in [3.63, 3.8) is 0 Å². The van der Waals surface area contributed by atoms with E-state index in [2.05, 4.69) is 0 Å². The van der Waals surface area contributed by atoms with Crippen molar-refractivity contribution in [3.8, 4) is 0 Å². The molecular weight excluding hydrogens is 389 g/mol. The van der Waals surface area contributed by atoms with Crippen LogP contribution in [0.4, 0.5) is 24.5 Å². The molecule has 9 heteroatoms. The summed E-state index contributed by atoms with van der Waals surface area (Å²) in [4.78, 5) is 25.1. The molecule has 2 aromatic carbocycles. The van der Waals surface area contributed by atoms with E-state index < -0.39 is 29.2 Å². The highest BCUT2D eigenvalue weighted by atomic mass is 19.4. The van der Waals surface area contributed by atoms with E-state index in [4.69, 9.17) is 4.74 Å². The van der Waals surface area contributed by atoms with Crippen LogP contribution in [0.15, 0.2) is 42.5 Å². The third kappa shape index (κ3) is 4.85. The van der Waals surface area contributed by atoms with Crippen molar-refractivity contribution in [1.29, 1.82) is 0 Å². The zero-order valence-electron chi connectivity index (χ0n) is 15.4. The third-order valence-corrected chi connectivity index (χ3v) is 4.79. The zero-order valence-corrected chi connectivity index (χ0v) is 15.4. The van der Waals surface area contributed by atoms with E-state index in [1.807, 2.05) is 4.90 Å². The van der Waals surface area contributed by atoms with Crippen LogP contribution in [-0.4, -0.2) is 24.0 Å². The second-order valence-electron chi connectivity index (χ2n) is 6.74. The molecule has 0 spiro atoms. The molecular formula is C20H19F3N2O4. The summed E-state index contributed by atoms with van der Waals surface area (Å²) < 4.78 is 44.1. The van der Waals surface area contributed by atoms with E-state index >= 15 is 0 Å². The van der Waals surface area contributed by atoms with Crippen LogP contribution >= 0.6 is 0 Å². The standard InChI is InChI=1S/C20H19F3N2O4/c21-20(22,23)16-7-3-2-6-15(16)13-29-19(26)14-8-9-17(18(12-14)25(27)28)24-10-4-1-5-11-24/h2-3,6-9,12H,1,4-5,10-11,13H2. The summed E-state index contributed by atoms with van der Waals surface area (Å²) >= 11 is 0. The fourth-order valence-corrected chi connectivity index (χ4v) is 3.35. The number of esters is 1. The van der Waals surface area contributed by atoms with Crippen LogP contribution in [0.2, 0.25) is 0 Å². The van der Waals surface area contributed by atoms with Crippen molar-refractivity contribution in [3.05, 3.63) is 69.3 Å². The van der Waals surface area contributed by atoms with E-state index in [-0.39, 0.29) is 16.8 Å². The lowest BCUT2D eigenvalue weighted by Gasteiger charge is -2.28. The van der Waals surface area contributed by atoms with E-state index in [1.54, 1.807) is 0 Å². The molecule has 1 fully saturated rings. The monoisotopic (exact) mass is 408 g/mol. The maximum absolute atomic E-state index is 13.0. The van der Waals surface area contributed by atoms with Gasteiger partial charge in [0.1, 0.15) is 12.3 Å². The lowest BCUT2D eigenvalue weighted by Crippen LogP contribution is -2.30. The normalized spacial score (nSPS) is 14.5. The van der Waals surface area contributed by atoms with Gasteiger partial charge in [0.05, 0.1) is 16.1 Å². The van der Waals surface area contributed by atoms with Crippen LogP contribution in [0.3, 0.4) is 0 Å². The Morgan fingerprint density at radius 3 is 2.45 bits per heavy atom. The fraction of sp³-hybridized carbons (Fsp3) is 0.350. The van der Waals surface area contributed by atoms with E-state index in [0.717, 1.165) is 31.4 Å². The lowest BCUT2D eigenvalue weighted by molar-refractivity contribution is -0.384. The molecule has 1 saturated heterocycles. The topological polar surface area (TPSA) is 72.7 Å². The maximum atomic E-state index is 13.0. The molecule has 1 aliphatic heterocycles. The summed E-state index contributed by atoms with van der Waals surface area (Å²) in [6, 6.07) is 8.79. The van der Waals surface area contributed by atoms with Gasteiger partial charge in [0.15, 0.2) is 0 Å². The molecule has 29 heavy (non-hydrogen) atoms. The average Bonchev–Trinajstić information content (AvgIpc) is 2.71. The van der Waals surface area contributed by atoms with E-state index in [0.29, 0.717) is 18.8 Å². The van der Waals surface area contributed by atoms with Crippen molar-refractivity contribution in [2.45, 2.75) is 32.0 Å². The van der Waals surface area contributed by atoms with Crippen molar-refractivity contribution in [1.82, 2.24) is 0 Å². The molecule has 2 aromatic rings. The van der Waals surface area contributed by atoms with Crippen LogP contribution in [0.5, 0.6) is 0 Å².